The number of fused-ring (bicyclic) bond motifs is 5. The molecule has 0 saturated heterocycles. The molecule has 1 aromatic heterocycles. The van der Waals surface area contributed by atoms with Crippen LogP contribution in [0.15, 0.2) is 53.1 Å². The second kappa shape index (κ2) is 6.97. The summed E-state index contributed by atoms with van der Waals surface area (Å²) in [6.07, 6.45) is 2.06. The van der Waals surface area contributed by atoms with Crippen molar-refractivity contribution in [1.82, 2.24) is 9.88 Å². The van der Waals surface area contributed by atoms with E-state index in [4.69, 9.17) is 5.73 Å². The zero-order valence-electron chi connectivity index (χ0n) is 18.1. The fraction of sp³-hybridized carbons (Fsp3) is 0.333. The number of aromatic nitrogens is 1. The summed E-state index contributed by atoms with van der Waals surface area (Å²) in [7, 11) is 3.23. The topological polar surface area (TPSA) is 154 Å². The van der Waals surface area contributed by atoms with Crippen molar-refractivity contribution in [3.8, 4) is 0 Å². The number of carbonyl (C=O) groups is 3. The molecule has 9 nitrogen and oxygen atoms in total. The van der Waals surface area contributed by atoms with Crippen LogP contribution in [0.25, 0.3) is 10.8 Å². The summed E-state index contributed by atoms with van der Waals surface area (Å²) < 4.78 is 0. The molecule has 3 aliphatic rings. The Morgan fingerprint density at radius 2 is 1.91 bits per heavy atom. The number of Topliss-reactive ketones (excluding diaryl/α,β-unsaturated/α-hetero) is 2. The summed E-state index contributed by atoms with van der Waals surface area (Å²) in [5, 5.41) is 35.3. The first kappa shape index (κ1) is 21.3. The molecule has 0 spiro atoms. The Morgan fingerprint density at radius 1 is 1.21 bits per heavy atom. The van der Waals surface area contributed by atoms with Gasteiger partial charge in [0.2, 0.25) is 11.6 Å². The zero-order chi connectivity index (χ0) is 23.8. The first-order chi connectivity index (χ1) is 15.6. The average Bonchev–Trinajstić information content (AvgIpc) is 2.76. The molecule has 4 atom stereocenters. The molecule has 2 aromatic rings. The Bertz CT molecular complexity index is 1330. The van der Waals surface area contributed by atoms with E-state index in [0.29, 0.717) is 6.42 Å². The lowest BCUT2D eigenvalue weighted by Crippen LogP contribution is -2.63. The minimum Gasteiger partial charge on any atom is -0.510 e. The number of benzene rings is 1. The average molecular weight is 449 g/mol. The van der Waals surface area contributed by atoms with Gasteiger partial charge >= 0.3 is 0 Å². The number of aliphatic hydroxyl groups excluding tert-OH is 2. The van der Waals surface area contributed by atoms with Crippen molar-refractivity contribution in [2.75, 3.05) is 14.1 Å². The van der Waals surface area contributed by atoms with Gasteiger partial charge in [0.15, 0.2) is 5.60 Å². The Hall–Kier alpha value is -3.56. The summed E-state index contributed by atoms with van der Waals surface area (Å²) in [4.78, 5) is 44.5. The van der Waals surface area contributed by atoms with Gasteiger partial charge < -0.3 is 21.1 Å². The van der Waals surface area contributed by atoms with Crippen LogP contribution in [0.1, 0.15) is 22.5 Å². The number of hydrogen-bond donors (Lipinski definition) is 4. The third kappa shape index (κ3) is 2.66. The smallest absolute Gasteiger partial charge is 0.255 e. The third-order valence-corrected chi connectivity index (χ3v) is 7.21. The Labute approximate surface area is 188 Å². The number of allylic oxidation sites excluding steroid dienone is 1. The number of nitrogens with two attached hydrogens (primary N) is 1. The SMILES string of the molecule is CN(C)[C@@H]1C(O)=C(C(N)=O)C(=O)[C@@]2(O)C(O)=C3C(=O)c4ncc5ccccc5c4C[C@H]3C[C@@H]12. The molecule has 5 rings (SSSR count). The molecular formula is C24H23N3O6. The Kier molecular flexibility index (Phi) is 4.50. The maximum Gasteiger partial charge on any atom is 0.255 e. The molecule has 0 radical (unpaired) electrons. The number of rotatable bonds is 2. The van der Waals surface area contributed by atoms with Gasteiger partial charge in [0.25, 0.3) is 5.91 Å². The number of nitrogens with zero attached hydrogens (tertiary/aromatic N) is 2. The third-order valence-electron chi connectivity index (χ3n) is 7.21. The number of amides is 1. The van der Waals surface area contributed by atoms with E-state index in [1.807, 2.05) is 24.3 Å². The maximum atomic E-state index is 13.5. The van der Waals surface area contributed by atoms with Crippen LogP contribution in [0.4, 0.5) is 0 Å². The van der Waals surface area contributed by atoms with Gasteiger partial charge in [-0.15, -0.1) is 0 Å². The number of hydrogen-bond acceptors (Lipinski definition) is 8. The molecule has 5 N–H and O–H groups in total. The van der Waals surface area contributed by atoms with Crippen molar-refractivity contribution < 1.29 is 29.7 Å². The maximum absolute atomic E-state index is 13.5. The normalized spacial score (nSPS) is 29.3. The second-order valence-corrected chi connectivity index (χ2v) is 9.14. The van der Waals surface area contributed by atoms with Gasteiger partial charge in [0, 0.05) is 23.1 Å². The summed E-state index contributed by atoms with van der Waals surface area (Å²) >= 11 is 0. The molecule has 1 aromatic carbocycles. The molecular weight excluding hydrogens is 426 g/mol. The van der Waals surface area contributed by atoms with Crippen molar-refractivity contribution in [3.63, 3.8) is 0 Å². The largest absolute Gasteiger partial charge is 0.510 e. The van der Waals surface area contributed by atoms with Gasteiger partial charge in [-0.05, 0) is 43.8 Å². The van der Waals surface area contributed by atoms with Crippen LogP contribution in [0.5, 0.6) is 0 Å². The van der Waals surface area contributed by atoms with E-state index in [-0.39, 0.29) is 17.7 Å². The van der Waals surface area contributed by atoms with Gasteiger partial charge in [0.1, 0.15) is 22.8 Å². The first-order valence-electron chi connectivity index (χ1n) is 10.6. The fourth-order valence-electron chi connectivity index (χ4n) is 5.77. The van der Waals surface area contributed by atoms with E-state index in [0.717, 1.165) is 16.3 Å². The van der Waals surface area contributed by atoms with Crippen molar-refractivity contribution in [1.29, 1.82) is 0 Å². The number of primary amides is 1. The van der Waals surface area contributed by atoms with Gasteiger partial charge in [-0.3, -0.25) is 24.3 Å². The molecule has 0 bridgehead atoms. The lowest BCUT2D eigenvalue weighted by Gasteiger charge is -2.50. The highest BCUT2D eigenvalue weighted by atomic mass is 16.3. The van der Waals surface area contributed by atoms with Crippen LogP contribution >= 0.6 is 0 Å². The quantitative estimate of drug-likeness (QED) is 0.495. The van der Waals surface area contributed by atoms with E-state index in [1.54, 1.807) is 25.2 Å². The zero-order valence-corrected chi connectivity index (χ0v) is 18.1. The minimum atomic E-state index is -2.57. The molecule has 1 amide bonds. The van der Waals surface area contributed by atoms with Crippen molar-refractivity contribution in [3.05, 3.63) is 64.4 Å². The van der Waals surface area contributed by atoms with Crippen molar-refractivity contribution in [2.24, 2.45) is 17.6 Å². The highest BCUT2D eigenvalue weighted by Gasteiger charge is 2.63. The summed E-state index contributed by atoms with van der Waals surface area (Å²) in [6, 6.07) is 6.56. The van der Waals surface area contributed by atoms with Crippen LogP contribution in [0.2, 0.25) is 0 Å². The van der Waals surface area contributed by atoms with Gasteiger partial charge in [0.05, 0.1) is 6.04 Å². The van der Waals surface area contributed by atoms with E-state index in [2.05, 4.69) is 4.98 Å². The fourth-order valence-corrected chi connectivity index (χ4v) is 5.77. The molecule has 0 saturated carbocycles. The summed E-state index contributed by atoms with van der Waals surface area (Å²) in [5.74, 6) is -5.84. The number of ketones is 2. The van der Waals surface area contributed by atoms with Crippen molar-refractivity contribution >= 4 is 28.2 Å². The standard InChI is InChI=1S/C24H23N3O6/c1-27(2)18-14-8-11-7-13-12-6-4-3-5-10(12)9-26-17(13)19(28)15(11)21(30)24(14,33)22(31)16(20(18)29)23(25)32/h3-6,9,11,14,18,29-30,33H,7-8H2,1-2H3,(H2,25,32)/t11-,14-,18-,24-/m0/s1. The highest BCUT2D eigenvalue weighted by molar-refractivity contribution is 6.24. The Morgan fingerprint density at radius 3 is 2.58 bits per heavy atom. The number of aliphatic hydroxyl groups is 3. The number of likely N-dealkylation sites (N-methyl/N-ethyl adjacent to an activating group) is 1. The molecule has 0 fully saturated rings. The number of carbonyl (C=O) groups excluding carboxylic acids is 3. The predicted octanol–water partition coefficient (Wildman–Crippen LogP) is 0.963. The van der Waals surface area contributed by atoms with Gasteiger partial charge in [-0.25, -0.2) is 0 Å². The predicted molar refractivity (Wildman–Crippen MR) is 117 cm³/mol. The van der Waals surface area contributed by atoms with E-state index in [1.165, 1.54) is 0 Å². The molecule has 170 valence electrons. The van der Waals surface area contributed by atoms with Crippen molar-refractivity contribution in [2.45, 2.75) is 24.5 Å². The lowest BCUT2D eigenvalue weighted by atomic mass is 9.59. The van der Waals surface area contributed by atoms with Gasteiger partial charge in [-0.2, -0.15) is 0 Å². The van der Waals surface area contributed by atoms with E-state index >= 15 is 0 Å². The first-order valence-corrected chi connectivity index (χ1v) is 10.6. The molecule has 33 heavy (non-hydrogen) atoms. The molecule has 0 aliphatic heterocycles. The summed E-state index contributed by atoms with van der Waals surface area (Å²) in [6.45, 7) is 0. The van der Waals surface area contributed by atoms with Crippen LogP contribution < -0.4 is 5.73 Å². The van der Waals surface area contributed by atoms with Crippen LogP contribution in [0, 0.1) is 11.8 Å². The Balaban J connectivity index is 1.74. The van der Waals surface area contributed by atoms with Gasteiger partial charge in [-0.1, -0.05) is 24.3 Å². The van der Waals surface area contributed by atoms with Crippen LogP contribution in [-0.2, 0) is 16.0 Å². The highest BCUT2D eigenvalue weighted by Crippen LogP contribution is 2.51. The van der Waals surface area contributed by atoms with E-state index in [9.17, 15) is 29.7 Å². The van der Waals surface area contributed by atoms with Crippen LogP contribution in [-0.4, -0.2) is 68.4 Å². The summed E-state index contributed by atoms with van der Waals surface area (Å²) in [5.41, 5.74) is 2.81. The molecule has 9 heteroatoms. The number of pyridine rings is 1. The van der Waals surface area contributed by atoms with Crippen LogP contribution in [0.3, 0.4) is 0 Å². The molecule has 1 heterocycles. The molecule has 3 aliphatic carbocycles. The minimum absolute atomic E-state index is 0.0832. The van der Waals surface area contributed by atoms with E-state index < -0.39 is 58.0 Å². The molecule has 0 unspecified atom stereocenters. The lowest BCUT2D eigenvalue weighted by molar-refractivity contribution is -0.148. The monoisotopic (exact) mass is 449 g/mol. The second-order valence-electron chi connectivity index (χ2n) is 9.14.